The van der Waals surface area contributed by atoms with Gasteiger partial charge in [0, 0.05) is 6.26 Å². The molecule has 4 N–H and O–H groups in total. The molecule has 1 fully saturated rings. The Bertz CT molecular complexity index is 844. The Hall–Kier alpha value is -1.48. The molecule has 0 bridgehead atoms. The molecule has 0 saturated carbocycles. The number of rotatable bonds is 16. The molecule has 8 heteroatoms. The molecule has 2 rings (SSSR count). The number of nitrogens with one attached hydrogen (secondary N) is 2. The predicted octanol–water partition coefficient (Wildman–Crippen LogP) is 3.89. The lowest BCUT2D eigenvalue weighted by Gasteiger charge is -2.31. The molecule has 1 saturated heterocycles. The van der Waals surface area contributed by atoms with Crippen molar-refractivity contribution in [1.82, 2.24) is 10.6 Å². The first-order chi connectivity index (χ1) is 16.8. The van der Waals surface area contributed by atoms with Gasteiger partial charge in [-0.3, -0.25) is 4.79 Å². The first kappa shape index (κ1) is 29.7. The number of carbonyl (C=O) groups is 1. The van der Waals surface area contributed by atoms with Crippen LogP contribution in [-0.4, -0.2) is 56.0 Å². The number of aliphatic hydroxyl groups excluding tert-OH is 2. The van der Waals surface area contributed by atoms with E-state index in [9.17, 15) is 23.4 Å². The van der Waals surface area contributed by atoms with Crippen LogP contribution in [0.5, 0.6) is 0 Å². The molecule has 200 valence electrons. The van der Waals surface area contributed by atoms with Crippen LogP contribution in [0.1, 0.15) is 95.6 Å². The van der Waals surface area contributed by atoms with E-state index in [1.165, 1.54) is 82.1 Å². The van der Waals surface area contributed by atoms with Gasteiger partial charge in [-0.15, -0.1) is 0 Å². The number of benzene rings is 1. The van der Waals surface area contributed by atoms with Gasteiger partial charge in [-0.25, -0.2) is 8.42 Å². The summed E-state index contributed by atoms with van der Waals surface area (Å²) in [5.41, 5.74) is 0.441. The number of hydrogen-bond acceptors (Lipinski definition) is 6. The van der Waals surface area contributed by atoms with Crippen molar-refractivity contribution >= 4 is 15.7 Å². The van der Waals surface area contributed by atoms with E-state index in [2.05, 4.69) is 17.6 Å². The van der Waals surface area contributed by atoms with Crippen molar-refractivity contribution in [3.8, 4) is 0 Å². The molecule has 4 atom stereocenters. The monoisotopic (exact) mass is 510 g/mol. The second-order valence-electron chi connectivity index (χ2n) is 10.1. The van der Waals surface area contributed by atoms with Crippen molar-refractivity contribution in [2.24, 2.45) is 5.92 Å². The molecular formula is C27H46N2O5S. The van der Waals surface area contributed by atoms with Gasteiger partial charge in [0.25, 0.3) is 0 Å². The molecule has 0 spiro atoms. The van der Waals surface area contributed by atoms with Gasteiger partial charge >= 0.3 is 0 Å². The maximum absolute atomic E-state index is 12.9. The van der Waals surface area contributed by atoms with Crippen LogP contribution in [0.4, 0.5) is 0 Å². The van der Waals surface area contributed by atoms with Gasteiger partial charge in [0.2, 0.25) is 5.91 Å². The second-order valence-corrected chi connectivity index (χ2v) is 12.1. The number of aliphatic hydroxyl groups is 2. The van der Waals surface area contributed by atoms with E-state index in [1.54, 1.807) is 0 Å². The quantitative estimate of drug-likeness (QED) is 0.251. The Labute approximate surface area is 212 Å². The van der Waals surface area contributed by atoms with Crippen molar-refractivity contribution in [1.29, 1.82) is 0 Å². The normalized spacial score (nSPS) is 20.3. The van der Waals surface area contributed by atoms with Crippen LogP contribution in [-0.2, 0) is 14.6 Å². The highest BCUT2D eigenvalue weighted by atomic mass is 32.2. The lowest BCUT2D eigenvalue weighted by Crippen LogP contribution is -2.53. The fraction of sp³-hybridized carbons (Fsp3) is 0.741. The Morgan fingerprint density at radius 2 is 1.66 bits per heavy atom. The van der Waals surface area contributed by atoms with E-state index in [-0.39, 0.29) is 16.8 Å². The van der Waals surface area contributed by atoms with Gasteiger partial charge in [-0.1, -0.05) is 83.3 Å². The van der Waals surface area contributed by atoms with Gasteiger partial charge in [0.05, 0.1) is 23.6 Å². The van der Waals surface area contributed by atoms with E-state index >= 15 is 0 Å². The SMILES string of the molecule is CCCCCCCCCCCC1CCNC(C(=O)N[C@@H](CO)[C@@H](O)c2ccc(S(C)(=O)=O)cc2)C1. The van der Waals surface area contributed by atoms with Crippen molar-refractivity contribution < 1.29 is 23.4 Å². The van der Waals surface area contributed by atoms with Gasteiger partial charge in [0.15, 0.2) is 9.84 Å². The van der Waals surface area contributed by atoms with Gasteiger partial charge in [-0.05, 0) is 43.0 Å². The lowest BCUT2D eigenvalue weighted by atomic mass is 9.87. The average Bonchev–Trinajstić information content (AvgIpc) is 2.85. The third-order valence-electron chi connectivity index (χ3n) is 7.10. The van der Waals surface area contributed by atoms with E-state index in [1.807, 2.05) is 0 Å². The van der Waals surface area contributed by atoms with Crippen LogP contribution in [0.25, 0.3) is 0 Å². The summed E-state index contributed by atoms with van der Waals surface area (Å²) in [6.45, 7) is 2.61. The first-order valence-corrected chi connectivity index (χ1v) is 15.3. The smallest absolute Gasteiger partial charge is 0.237 e. The van der Waals surface area contributed by atoms with Crippen LogP contribution in [0.15, 0.2) is 29.2 Å². The third-order valence-corrected chi connectivity index (χ3v) is 8.23. The fourth-order valence-electron chi connectivity index (χ4n) is 4.85. The molecule has 1 aromatic carbocycles. The zero-order valence-corrected chi connectivity index (χ0v) is 22.4. The minimum Gasteiger partial charge on any atom is -0.394 e. The number of sulfone groups is 1. The van der Waals surface area contributed by atoms with Crippen LogP contribution in [0, 0.1) is 5.92 Å². The van der Waals surface area contributed by atoms with E-state index < -0.39 is 28.6 Å². The summed E-state index contributed by atoms with van der Waals surface area (Å²) in [6.07, 6.45) is 14.7. The minimum atomic E-state index is -3.34. The predicted molar refractivity (Wildman–Crippen MR) is 140 cm³/mol. The number of carbonyl (C=O) groups excluding carboxylic acids is 1. The minimum absolute atomic E-state index is 0.155. The van der Waals surface area contributed by atoms with Crippen LogP contribution < -0.4 is 10.6 Å². The van der Waals surface area contributed by atoms with Crippen LogP contribution in [0.3, 0.4) is 0 Å². The molecule has 1 aromatic rings. The second kappa shape index (κ2) is 15.6. The Morgan fingerprint density at radius 3 is 2.23 bits per heavy atom. The molecule has 35 heavy (non-hydrogen) atoms. The molecule has 1 aliphatic rings. The van der Waals surface area contributed by atoms with E-state index in [4.69, 9.17) is 0 Å². The fourth-order valence-corrected chi connectivity index (χ4v) is 5.48. The molecule has 0 aliphatic carbocycles. The van der Waals surface area contributed by atoms with Gasteiger partial charge in [-0.2, -0.15) is 0 Å². The summed E-state index contributed by atoms with van der Waals surface area (Å²) >= 11 is 0. The zero-order valence-electron chi connectivity index (χ0n) is 21.5. The summed E-state index contributed by atoms with van der Waals surface area (Å²) < 4.78 is 23.3. The molecule has 1 heterocycles. The third kappa shape index (κ3) is 10.6. The summed E-state index contributed by atoms with van der Waals surface area (Å²) in [4.78, 5) is 13.0. The molecule has 0 radical (unpaired) electrons. The molecular weight excluding hydrogens is 464 g/mol. The summed E-state index contributed by atoms with van der Waals surface area (Å²) in [5.74, 6) is 0.297. The van der Waals surface area contributed by atoms with Crippen molar-refractivity contribution in [2.45, 2.75) is 107 Å². The number of unbranched alkanes of at least 4 members (excludes halogenated alkanes) is 8. The van der Waals surface area contributed by atoms with E-state index in [0.717, 1.165) is 32.1 Å². The van der Waals surface area contributed by atoms with Crippen LogP contribution >= 0.6 is 0 Å². The Morgan fingerprint density at radius 1 is 1.06 bits per heavy atom. The molecule has 1 aliphatic heterocycles. The zero-order chi connectivity index (χ0) is 25.7. The summed E-state index contributed by atoms with van der Waals surface area (Å²) in [6, 6.07) is 4.66. The number of hydrogen-bond donors (Lipinski definition) is 4. The highest BCUT2D eigenvalue weighted by Gasteiger charge is 2.30. The maximum Gasteiger partial charge on any atom is 0.237 e. The number of amides is 1. The van der Waals surface area contributed by atoms with E-state index in [0.29, 0.717) is 11.5 Å². The standard InChI is InChI=1S/C27H46N2O5S/c1-3-4-5-6-7-8-9-10-11-12-21-17-18-28-24(19-21)27(32)29-25(20-30)26(31)22-13-15-23(16-14-22)35(2,33)34/h13-16,21,24-26,28,30-31H,3-12,17-20H2,1-2H3,(H,29,32)/t21?,24?,25-,26-/m0/s1. The lowest BCUT2D eigenvalue weighted by molar-refractivity contribution is -0.126. The highest BCUT2D eigenvalue weighted by Crippen LogP contribution is 2.24. The average molecular weight is 511 g/mol. The summed E-state index contributed by atoms with van der Waals surface area (Å²) in [7, 11) is -3.34. The largest absolute Gasteiger partial charge is 0.394 e. The topological polar surface area (TPSA) is 116 Å². The Balaban J connectivity index is 1.75. The molecule has 2 unspecified atom stereocenters. The molecule has 7 nitrogen and oxygen atoms in total. The van der Waals surface area contributed by atoms with Crippen molar-refractivity contribution in [3.05, 3.63) is 29.8 Å². The van der Waals surface area contributed by atoms with Crippen LogP contribution in [0.2, 0.25) is 0 Å². The molecule has 1 amide bonds. The maximum atomic E-state index is 12.9. The summed E-state index contributed by atoms with van der Waals surface area (Å²) in [5, 5.41) is 26.5. The van der Waals surface area contributed by atoms with Crippen molar-refractivity contribution in [3.63, 3.8) is 0 Å². The van der Waals surface area contributed by atoms with Crippen molar-refractivity contribution in [2.75, 3.05) is 19.4 Å². The first-order valence-electron chi connectivity index (χ1n) is 13.4. The highest BCUT2D eigenvalue weighted by molar-refractivity contribution is 7.90. The van der Waals surface area contributed by atoms with Gasteiger partial charge < -0.3 is 20.8 Å². The van der Waals surface area contributed by atoms with Gasteiger partial charge in [0.1, 0.15) is 6.10 Å². The number of piperidine rings is 1. The molecule has 0 aromatic heterocycles. The Kier molecular flexibility index (Phi) is 13.3.